The van der Waals surface area contributed by atoms with Crippen LogP contribution in [-0.2, 0) is 21.8 Å². The smallest absolute Gasteiger partial charge is 0.327 e. The van der Waals surface area contributed by atoms with Crippen LogP contribution >= 0.6 is 11.8 Å². The van der Waals surface area contributed by atoms with Gasteiger partial charge in [0.05, 0.1) is 19.9 Å². The molecule has 0 fully saturated rings. The maximum atomic E-state index is 11.1. The third kappa shape index (κ3) is 3.99. The minimum Gasteiger partial charge on any atom is -0.497 e. The molecule has 1 aromatic carbocycles. The third-order valence-corrected chi connectivity index (χ3v) is 3.56. The summed E-state index contributed by atoms with van der Waals surface area (Å²) in [6, 6.07) is 7.81. The van der Waals surface area contributed by atoms with E-state index in [0.717, 1.165) is 16.3 Å². The van der Waals surface area contributed by atoms with E-state index in [-0.39, 0.29) is 12.5 Å². The number of rotatable bonds is 6. The fourth-order valence-electron chi connectivity index (χ4n) is 1.53. The van der Waals surface area contributed by atoms with Crippen LogP contribution in [-0.4, -0.2) is 35.2 Å². The highest BCUT2D eigenvalue weighted by atomic mass is 32.2. The van der Waals surface area contributed by atoms with Crippen LogP contribution in [0.1, 0.15) is 5.69 Å². The Morgan fingerprint density at radius 3 is 3.00 bits per heavy atom. The summed E-state index contributed by atoms with van der Waals surface area (Å²) in [6.45, 7) is 0.0767. The van der Waals surface area contributed by atoms with Crippen molar-refractivity contribution in [2.24, 2.45) is 0 Å². The molecule has 2 aromatic rings. The van der Waals surface area contributed by atoms with Gasteiger partial charge in [0.2, 0.25) is 0 Å². The summed E-state index contributed by atoms with van der Waals surface area (Å²) in [6.07, 6.45) is 1.74. The minimum atomic E-state index is -0.345. The number of benzene rings is 1. The molecule has 1 aromatic heterocycles. The van der Waals surface area contributed by atoms with E-state index in [0.29, 0.717) is 5.75 Å². The minimum absolute atomic E-state index is 0.0767. The van der Waals surface area contributed by atoms with Crippen LogP contribution in [0.5, 0.6) is 5.75 Å². The molecule has 0 amide bonds. The van der Waals surface area contributed by atoms with Crippen molar-refractivity contribution in [3.05, 3.63) is 36.2 Å². The SMILES string of the molecule is COC(=O)Cn1cc(CSc2cccc(OC)c2)nn1. The number of carbonyl (C=O) groups excluding carboxylic acids is 1. The molecule has 106 valence electrons. The molecule has 2 rings (SSSR count). The zero-order valence-corrected chi connectivity index (χ0v) is 12.1. The van der Waals surface area contributed by atoms with Gasteiger partial charge in [-0.2, -0.15) is 0 Å². The first-order valence-electron chi connectivity index (χ1n) is 5.94. The first kappa shape index (κ1) is 14.4. The van der Waals surface area contributed by atoms with Gasteiger partial charge in [0.1, 0.15) is 12.3 Å². The molecule has 0 unspecified atom stereocenters. The van der Waals surface area contributed by atoms with E-state index in [2.05, 4.69) is 15.0 Å². The summed E-state index contributed by atoms with van der Waals surface area (Å²) in [5, 5.41) is 7.89. The first-order valence-corrected chi connectivity index (χ1v) is 6.92. The summed E-state index contributed by atoms with van der Waals surface area (Å²) in [5.41, 5.74) is 0.807. The van der Waals surface area contributed by atoms with Crippen molar-refractivity contribution in [1.82, 2.24) is 15.0 Å². The molecule has 0 bridgehead atoms. The van der Waals surface area contributed by atoms with Crippen molar-refractivity contribution in [1.29, 1.82) is 0 Å². The molecule has 0 aliphatic rings. The number of esters is 1. The molecular weight excluding hydrogens is 278 g/mol. The van der Waals surface area contributed by atoms with Gasteiger partial charge in [-0.15, -0.1) is 16.9 Å². The Balaban J connectivity index is 1.92. The molecule has 6 nitrogen and oxygen atoms in total. The van der Waals surface area contributed by atoms with Crippen LogP contribution < -0.4 is 4.74 Å². The number of hydrogen-bond donors (Lipinski definition) is 0. The van der Waals surface area contributed by atoms with Crippen LogP contribution in [0.4, 0.5) is 0 Å². The molecule has 0 N–H and O–H groups in total. The summed E-state index contributed by atoms with van der Waals surface area (Å²) in [7, 11) is 2.99. The van der Waals surface area contributed by atoms with Gasteiger partial charge < -0.3 is 9.47 Å². The number of carbonyl (C=O) groups is 1. The Morgan fingerprint density at radius 2 is 2.25 bits per heavy atom. The predicted molar refractivity (Wildman–Crippen MR) is 74.6 cm³/mol. The second-order valence-electron chi connectivity index (χ2n) is 3.95. The summed E-state index contributed by atoms with van der Waals surface area (Å²) in [4.78, 5) is 12.2. The number of ether oxygens (including phenoxy) is 2. The Labute approximate surface area is 121 Å². The van der Waals surface area contributed by atoms with Crippen LogP contribution in [0.15, 0.2) is 35.4 Å². The second kappa shape index (κ2) is 6.95. The molecule has 0 aliphatic carbocycles. The summed E-state index contributed by atoms with van der Waals surface area (Å²) < 4.78 is 11.2. The van der Waals surface area contributed by atoms with E-state index in [1.807, 2.05) is 24.3 Å². The lowest BCUT2D eigenvalue weighted by molar-refractivity contribution is -0.141. The molecule has 7 heteroatoms. The van der Waals surface area contributed by atoms with Crippen LogP contribution in [0.2, 0.25) is 0 Å². The van der Waals surface area contributed by atoms with Crippen LogP contribution in [0.25, 0.3) is 0 Å². The largest absolute Gasteiger partial charge is 0.497 e. The number of thioether (sulfide) groups is 1. The van der Waals surface area contributed by atoms with Gasteiger partial charge in [-0.1, -0.05) is 11.3 Å². The average Bonchev–Trinajstić information content (AvgIpc) is 2.92. The van der Waals surface area contributed by atoms with Crippen molar-refractivity contribution in [2.45, 2.75) is 17.2 Å². The highest BCUT2D eigenvalue weighted by Crippen LogP contribution is 2.25. The average molecular weight is 293 g/mol. The first-order chi connectivity index (χ1) is 9.71. The molecule has 20 heavy (non-hydrogen) atoms. The maximum Gasteiger partial charge on any atom is 0.327 e. The maximum absolute atomic E-state index is 11.1. The van der Waals surface area contributed by atoms with Crippen molar-refractivity contribution >= 4 is 17.7 Å². The van der Waals surface area contributed by atoms with Gasteiger partial charge in [-0.25, -0.2) is 4.68 Å². The molecule has 0 atom stereocenters. The van der Waals surface area contributed by atoms with E-state index < -0.39 is 0 Å². The molecular formula is C13H15N3O3S. The van der Waals surface area contributed by atoms with E-state index in [9.17, 15) is 4.79 Å². The van der Waals surface area contributed by atoms with Gasteiger partial charge in [-0.05, 0) is 18.2 Å². The molecule has 0 saturated heterocycles. The summed E-state index contributed by atoms with van der Waals surface area (Å²) in [5.74, 6) is 1.15. The van der Waals surface area contributed by atoms with Crippen molar-refractivity contribution in [3.8, 4) is 5.75 Å². The molecule has 1 heterocycles. The third-order valence-electron chi connectivity index (χ3n) is 2.53. The van der Waals surface area contributed by atoms with Gasteiger partial charge in [-0.3, -0.25) is 4.79 Å². The topological polar surface area (TPSA) is 66.2 Å². The number of aromatic nitrogens is 3. The Morgan fingerprint density at radius 1 is 1.40 bits per heavy atom. The predicted octanol–water partition coefficient (Wildman–Crippen LogP) is 1.75. The number of methoxy groups -OCH3 is 2. The van der Waals surface area contributed by atoms with E-state index in [1.54, 1.807) is 25.1 Å². The fourth-order valence-corrected chi connectivity index (χ4v) is 2.35. The zero-order chi connectivity index (χ0) is 14.4. The van der Waals surface area contributed by atoms with E-state index in [1.165, 1.54) is 11.8 Å². The zero-order valence-electron chi connectivity index (χ0n) is 11.3. The van der Waals surface area contributed by atoms with Gasteiger partial charge in [0.25, 0.3) is 0 Å². The van der Waals surface area contributed by atoms with Crippen molar-refractivity contribution in [3.63, 3.8) is 0 Å². The Bertz CT molecular complexity index is 586. The van der Waals surface area contributed by atoms with Gasteiger partial charge in [0.15, 0.2) is 0 Å². The van der Waals surface area contributed by atoms with Crippen molar-refractivity contribution < 1.29 is 14.3 Å². The summed E-state index contributed by atoms with van der Waals surface area (Å²) >= 11 is 1.63. The van der Waals surface area contributed by atoms with Crippen LogP contribution in [0.3, 0.4) is 0 Å². The quantitative estimate of drug-likeness (QED) is 0.597. The highest BCUT2D eigenvalue weighted by Gasteiger charge is 2.06. The van der Waals surface area contributed by atoms with Gasteiger partial charge >= 0.3 is 5.97 Å². The van der Waals surface area contributed by atoms with Crippen molar-refractivity contribution in [2.75, 3.05) is 14.2 Å². The normalized spacial score (nSPS) is 10.3. The van der Waals surface area contributed by atoms with E-state index in [4.69, 9.17) is 4.74 Å². The second-order valence-corrected chi connectivity index (χ2v) is 5.00. The highest BCUT2D eigenvalue weighted by molar-refractivity contribution is 7.98. The lowest BCUT2D eigenvalue weighted by atomic mass is 10.3. The molecule has 0 saturated carbocycles. The molecule has 0 aliphatic heterocycles. The lowest BCUT2D eigenvalue weighted by Gasteiger charge is -2.02. The van der Waals surface area contributed by atoms with Crippen LogP contribution in [0, 0.1) is 0 Å². The number of nitrogens with zero attached hydrogens (tertiary/aromatic N) is 3. The monoisotopic (exact) mass is 293 g/mol. The van der Waals surface area contributed by atoms with E-state index >= 15 is 0 Å². The lowest BCUT2D eigenvalue weighted by Crippen LogP contribution is -2.11. The standard InChI is InChI=1S/C13H15N3O3S/c1-18-11-4-3-5-12(6-11)20-9-10-7-16(15-14-10)8-13(17)19-2/h3-7H,8-9H2,1-2H3. The molecule has 0 radical (unpaired) electrons. The Kier molecular flexibility index (Phi) is 5.00. The fraction of sp³-hybridized carbons (Fsp3) is 0.308. The van der Waals surface area contributed by atoms with Gasteiger partial charge in [0, 0.05) is 16.8 Å². The Hall–Kier alpha value is -2.02. The molecule has 0 spiro atoms. The number of hydrogen-bond acceptors (Lipinski definition) is 6.